The molecule has 0 saturated carbocycles. The van der Waals surface area contributed by atoms with E-state index in [1.165, 1.54) is 0 Å². The van der Waals surface area contributed by atoms with E-state index in [1.807, 2.05) is 18.2 Å². The van der Waals surface area contributed by atoms with Gasteiger partial charge < -0.3 is 21.1 Å². The van der Waals surface area contributed by atoms with Crippen LogP contribution in [0.3, 0.4) is 0 Å². The molecule has 8 heteroatoms. The first-order valence-corrected chi connectivity index (χ1v) is 7.89. The van der Waals surface area contributed by atoms with Gasteiger partial charge in [-0.3, -0.25) is 4.99 Å². The van der Waals surface area contributed by atoms with Gasteiger partial charge in [-0.1, -0.05) is 6.07 Å². The van der Waals surface area contributed by atoms with E-state index in [9.17, 15) is 4.39 Å². The molecule has 0 bridgehead atoms. The third-order valence-corrected chi connectivity index (χ3v) is 3.65. The summed E-state index contributed by atoms with van der Waals surface area (Å²) in [4.78, 5) is 12.4. The molecule has 0 saturated heterocycles. The molecule has 2 heterocycles. The fraction of sp³-hybridized carbons (Fsp3) is 0.0556. The molecule has 1 aliphatic rings. The van der Waals surface area contributed by atoms with Crippen molar-refractivity contribution >= 4 is 40.7 Å². The lowest BCUT2D eigenvalue weighted by atomic mass is 10.2. The second kappa shape index (κ2) is 6.67. The summed E-state index contributed by atoms with van der Waals surface area (Å²) in [6, 6.07) is 12.4. The number of nitrogen functional groups attached to an aromatic ring is 1. The molecule has 4 N–H and O–H groups in total. The number of nitrogens with zero attached hydrogens (tertiary/aromatic N) is 3. The number of fused-ring (bicyclic) bond motifs is 1. The first-order valence-electron chi connectivity index (χ1n) is 7.89. The third kappa shape index (κ3) is 3.39. The van der Waals surface area contributed by atoms with Crippen LogP contribution >= 0.6 is 0 Å². The lowest BCUT2D eigenvalue weighted by molar-refractivity contribution is 0.377. The maximum Gasteiger partial charge on any atom is 0.229 e. The Bertz CT molecular complexity index is 991. The van der Waals surface area contributed by atoms with Crippen LogP contribution in [0.2, 0.25) is 0 Å². The van der Waals surface area contributed by atoms with Gasteiger partial charge in [0.15, 0.2) is 11.6 Å². The Hall–Kier alpha value is -3.68. The van der Waals surface area contributed by atoms with Gasteiger partial charge in [0.05, 0.1) is 6.20 Å². The molecule has 3 aromatic rings. The summed E-state index contributed by atoms with van der Waals surface area (Å²) in [5.41, 5.74) is 8.37. The van der Waals surface area contributed by atoms with Gasteiger partial charge in [-0.2, -0.15) is 4.98 Å². The minimum Gasteiger partial charge on any atom is -0.486 e. The molecule has 0 aliphatic carbocycles. The number of ether oxygens (including phenoxy) is 1. The standard InChI is InChI=1S/C18H15FN6O/c19-14-10-22-18(25-17(14)23-12-3-1-2-11(20)8-12)24-13-4-5-16-15(9-13)21-6-7-26-16/h1-6,8-10H,7,20H2,(H2,22,23,24,25). The molecule has 7 nitrogen and oxygen atoms in total. The molecule has 26 heavy (non-hydrogen) atoms. The first-order chi connectivity index (χ1) is 12.7. The maximum absolute atomic E-state index is 14.0. The molecule has 130 valence electrons. The van der Waals surface area contributed by atoms with Crippen molar-refractivity contribution in [1.82, 2.24) is 9.97 Å². The predicted molar refractivity (Wildman–Crippen MR) is 99.5 cm³/mol. The van der Waals surface area contributed by atoms with Crippen LogP contribution in [0.4, 0.5) is 38.9 Å². The number of benzene rings is 2. The molecule has 0 radical (unpaired) electrons. The van der Waals surface area contributed by atoms with Crippen molar-refractivity contribution in [3.05, 3.63) is 54.5 Å². The van der Waals surface area contributed by atoms with E-state index in [4.69, 9.17) is 10.5 Å². The molecular weight excluding hydrogens is 335 g/mol. The highest BCUT2D eigenvalue weighted by Gasteiger charge is 2.11. The van der Waals surface area contributed by atoms with E-state index >= 15 is 0 Å². The molecule has 0 amide bonds. The summed E-state index contributed by atoms with van der Waals surface area (Å²) in [5, 5.41) is 5.94. The van der Waals surface area contributed by atoms with Crippen molar-refractivity contribution in [3.8, 4) is 5.75 Å². The van der Waals surface area contributed by atoms with Gasteiger partial charge in [0.2, 0.25) is 5.95 Å². The molecule has 2 aromatic carbocycles. The van der Waals surface area contributed by atoms with Crippen LogP contribution < -0.4 is 21.1 Å². The summed E-state index contributed by atoms with van der Waals surface area (Å²) < 4.78 is 19.5. The fourth-order valence-electron chi connectivity index (χ4n) is 2.48. The Morgan fingerprint density at radius 3 is 2.85 bits per heavy atom. The molecule has 0 spiro atoms. The smallest absolute Gasteiger partial charge is 0.229 e. The number of nitrogens with two attached hydrogens (primary N) is 1. The molecule has 1 aliphatic heterocycles. The van der Waals surface area contributed by atoms with Crippen molar-refractivity contribution in [3.63, 3.8) is 0 Å². The van der Waals surface area contributed by atoms with Gasteiger partial charge in [0, 0.05) is 23.3 Å². The lowest BCUT2D eigenvalue weighted by Crippen LogP contribution is -2.05. The number of aliphatic imine (C=N–C) groups is 1. The summed E-state index contributed by atoms with van der Waals surface area (Å²) in [5.74, 6) is 0.439. The quantitative estimate of drug-likeness (QED) is 0.620. The van der Waals surface area contributed by atoms with Gasteiger partial charge in [0.25, 0.3) is 0 Å². The zero-order valence-electron chi connectivity index (χ0n) is 13.6. The van der Waals surface area contributed by atoms with Crippen LogP contribution in [0.1, 0.15) is 0 Å². The number of hydrogen-bond donors (Lipinski definition) is 3. The topological polar surface area (TPSA) is 97.5 Å². The number of anilines is 5. The van der Waals surface area contributed by atoms with Gasteiger partial charge in [0.1, 0.15) is 18.0 Å². The summed E-state index contributed by atoms with van der Waals surface area (Å²) in [6.45, 7) is 0.458. The van der Waals surface area contributed by atoms with E-state index in [0.29, 0.717) is 35.1 Å². The fourth-order valence-corrected chi connectivity index (χ4v) is 2.48. The highest BCUT2D eigenvalue weighted by Crippen LogP contribution is 2.33. The van der Waals surface area contributed by atoms with Crippen molar-refractivity contribution in [1.29, 1.82) is 0 Å². The molecule has 1 aromatic heterocycles. The zero-order chi connectivity index (χ0) is 17.9. The second-order valence-corrected chi connectivity index (χ2v) is 5.57. The molecule has 0 atom stereocenters. The van der Waals surface area contributed by atoms with Crippen molar-refractivity contribution in [2.45, 2.75) is 0 Å². The van der Waals surface area contributed by atoms with Crippen molar-refractivity contribution < 1.29 is 9.13 Å². The minimum absolute atomic E-state index is 0.0485. The number of nitrogens with one attached hydrogen (secondary N) is 2. The van der Waals surface area contributed by atoms with E-state index in [-0.39, 0.29) is 11.8 Å². The van der Waals surface area contributed by atoms with Crippen LogP contribution in [-0.2, 0) is 0 Å². The first kappa shape index (κ1) is 15.8. The highest BCUT2D eigenvalue weighted by molar-refractivity contribution is 5.74. The van der Waals surface area contributed by atoms with Crippen molar-refractivity contribution in [2.24, 2.45) is 4.99 Å². The number of rotatable bonds is 4. The van der Waals surface area contributed by atoms with Crippen molar-refractivity contribution in [2.75, 3.05) is 23.0 Å². The maximum atomic E-state index is 14.0. The average Bonchev–Trinajstić information content (AvgIpc) is 2.64. The summed E-state index contributed by atoms with van der Waals surface area (Å²) >= 11 is 0. The minimum atomic E-state index is -0.568. The Morgan fingerprint density at radius 1 is 1.08 bits per heavy atom. The summed E-state index contributed by atoms with van der Waals surface area (Å²) in [6.07, 6.45) is 2.79. The van der Waals surface area contributed by atoms with Crippen LogP contribution in [-0.4, -0.2) is 22.8 Å². The van der Waals surface area contributed by atoms with E-state index in [1.54, 1.807) is 30.5 Å². The number of halogens is 1. The average molecular weight is 350 g/mol. The number of aromatic nitrogens is 2. The molecule has 0 unspecified atom stereocenters. The Balaban J connectivity index is 1.57. The zero-order valence-corrected chi connectivity index (χ0v) is 13.6. The molecule has 0 fully saturated rings. The van der Waals surface area contributed by atoms with E-state index < -0.39 is 5.82 Å². The Labute approximate surface area is 148 Å². The highest BCUT2D eigenvalue weighted by atomic mass is 19.1. The second-order valence-electron chi connectivity index (χ2n) is 5.57. The predicted octanol–water partition coefficient (Wildman–Crippen LogP) is 3.78. The summed E-state index contributed by atoms with van der Waals surface area (Å²) in [7, 11) is 0. The molecular formula is C18H15FN6O. The van der Waals surface area contributed by atoms with Gasteiger partial charge in [-0.05, 0) is 36.4 Å². The van der Waals surface area contributed by atoms with E-state index in [0.717, 1.165) is 6.20 Å². The molecule has 4 rings (SSSR count). The van der Waals surface area contributed by atoms with Crippen LogP contribution in [0.25, 0.3) is 0 Å². The SMILES string of the molecule is Nc1cccc(Nc2nc(Nc3ccc4c(c3)N=CCO4)ncc2F)c1. The van der Waals surface area contributed by atoms with Crippen LogP contribution in [0.5, 0.6) is 5.75 Å². The Morgan fingerprint density at radius 2 is 1.96 bits per heavy atom. The third-order valence-electron chi connectivity index (χ3n) is 3.65. The van der Waals surface area contributed by atoms with Gasteiger partial charge >= 0.3 is 0 Å². The number of hydrogen-bond acceptors (Lipinski definition) is 7. The normalized spacial score (nSPS) is 12.2. The van der Waals surface area contributed by atoms with Crippen LogP contribution in [0.15, 0.2) is 53.7 Å². The largest absolute Gasteiger partial charge is 0.486 e. The van der Waals surface area contributed by atoms with Crippen LogP contribution in [0, 0.1) is 5.82 Å². The van der Waals surface area contributed by atoms with E-state index in [2.05, 4.69) is 25.6 Å². The van der Waals surface area contributed by atoms with Gasteiger partial charge in [-0.15, -0.1) is 0 Å². The van der Waals surface area contributed by atoms with Gasteiger partial charge in [-0.25, -0.2) is 9.37 Å². The Kier molecular flexibility index (Phi) is 4.06. The lowest BCUT2D eigenvalue weighted by Gasteiger charge is -2.13. The monoisotopic (exact) mass is 350 g/mol.